The van der Waals surface area contributed by atoms with E-state index in [4.69, 9.17) is 17.3 Å². The van der Waals surface area contributed by atoms with E-state index in [1.165, 1.54) is 6.07 Å². The zero-order valence-electron chi connectivity index (χ0n) is 12.2. The van der Waals surface area contributed by atoms with E-state index in [-0.39, 0.29) is 16.0 Å². The normalized spacial score (nSPS) is 20.0. The molecule has 1 unspecified atom stereocenters. The Bertz CT molecular complexity index is 592. The van der Waals surface area contributed by atoms with E-state index in [2.05, 4.69) is 16.5 Å². The van der Waals surface area contributed by atoms with Crippen LogP contribution in [0.3, 0.4) is 0 Å². The molecule has 1 fully saturated rings. The third-order valence-corrected chi connectivity index (χ3v) is 5.84. The van der Waals surface area contributed by atoms with Gasteiger partial charge in [0.25, 0.3) is 0 Å². The van der Waals surface area contributed by atoms with Gasteiger partial charge in [0.15, 0.2) is 0 Å². The average molecular weight is 332 g/mol. The van der Waals surface area contributed by atoms with Crippen LogP contribution in [0.4, 0.5) is 0 Å². The Morgan fingerprint density at radius 3 is 2.86 bits per heavy atom. The second-order valence-electron chi connectivity index (χ2n) is 5.25. The number of nitrogens with one attached hydrogen (secondary N) is 1. The molecular formula is C14H22ClN3O2S. The minimum Gasteiger partial charge on any atom is -0.326 e. The lowest BCUT2D eigenvalue weighted by Gasteiger charge is -2.23. The fourth-order valence-corrected chi connectivity index (χ4v) is 4.35. The summed E-state index contributed by atoms with van der Waals surface area (Å²) in [7, 11) is -3.58. The van der Waals surface area contributed by atoms with Crippen LogP contribution in [0.1, 0.15) is 25.3 Å². The molecule has 1 saturated heterocycles. The lowest BCUT2D eigenvalue weighted by molar-refractivity contribution is 0.268. The first-order chi connectivity index (χ1) is 9.97. The second kappa shape index (κ2) is 7.07. The Labute approximate surface area is 131 Å². The van der Waals surface area contributed by atoms with Gasteiger partial charge in [-0.05, 0) is 43.6 Å². The van der Waals surface area contributed by atoms with Gasteiger partial charge < -0.3 is 5.73 Å². The summed E-state index contributed by atoms with van der Waals surface area (Å²) in [4.78, 5) is 2.41. The smallest absolute Gasteiger partial charge is 0.242 e. The number of hydrogen-bond acceptors (Lipinski definition) is 4. The van der Waals surface area contributed by atoms with Crippen molar-refractivity contribution in [2.75, 3.05) is 19.6 Å². The molecule has 1 aromatic rings. The van der Waals surface area contributed by atoms with Gasteiger partial charge in [0.2, 0.25) is 10.0 Å². The summed E-state index contributed by atoms with van der Waals surface area (Å²) in [6, 6.07) is 5.07. The van der Waals surface area contributed by atoms with Crippen LogP contribution in [0, 0.1) is 0 Å². The van der Waals surface area contributed by atoms with Crippen LogP contribution in [-0.2, 0) is 16.6 Å². The number of likely N-dealkylation sites (tertiary alicyclic amines) is 1. The highest BCUT2D eigenvalue weighted by molar-refractivity contribution is 7.89. The first kappa shape index (κ1) is 16.7. The number of likely N-dealkylation sites (N-methyl/N-ethyl adjacent to an activating group) is 1. The van der Waals surface area contributed by atoms with Gasteiger partial charge in [-0.15, -0.1) is 0 Å². The molecule has 0 aliphatic carbocycles. The summed E-state index contributed by atoms with van der Waals surface area (Å²) in [6.07, 6.45) is 2.14. The van der Waals surface area contributed by atoms with Gasteiger partial charge in [0.1, 0.15) is 4.90 Å². The first-order valence-corrected chi connectivity index (χ1v) is 9.06. The zero-order valence-corrected chi connectivity index (χ0v) is 13.8. The molecule has 2 rings (SSSR count). The van der Waals surface area contributed by atoms with E-state index < -0.39 is 10.0 Å². The number of sulfonamides is 1. The Morgan fingerprint density at radius 1 is 1.48 bits per heavy atom. The third kappa shape index (κ3) is 3.96. The highest BCUT2D eigenvalue weighted by Gasteiger charge is 2.25. The van der Waals surface area contributed by atoms with Crippen LogP contribution < -0.4 is 10.5 Å². The van der Waals surface area contributed by atoms with Gasteiger partial charge in [-0.25, -0.2) is 13.1 Å². The molecule has 0 amide bonds. The highest BCUT2D eigenvalue weighted by Crippen LogP contribution is 2.23. The molecule has 21 heavy (non-hydrogen) atoms. The SMILES string of the molecule is CCN1CCCC1CNS(=O)(=O)c1ccc(CN)cc1Cl. The Balaban J connectivity index is 2.08. The van der Waals surface area contributed by atoms with Gasteiger partial charge in [0, 0.05) is 19.1 Å². The van der Waals surface area contributed by atoms with Crippen LogP contribution in [0.15, 0.2) is 23.1 Å². The number of hydrogen-bond donors (Lipinski definition) is 2. The summed E-state index contributed by atoms with van der Waals surface area (Å²) in [5.41, 5.74) is 6.33. The van der Waals surface area contributed by atoms with Crippen LogP contribution >= 0.6 is 11.6 Å². The van der Waals surface area contributed by atoms with Gasteiger partial charge in [-0.1, -0.05) is 24.6 Å². The highest BCUT2D eigenvalue weighted by atomic mass is 35.5. The van der Waals surface area contributed by atoms with Crippen molar-refractivity contribution < 1.29 is 8.42 Å². The minimum atomic E-state index is -3.58. The molecule has 3 N–H and O–H groups in total. The van der Waals surface area contributed by atoms with Crippen LogP contribution in [0.2, 0.25) is 5.02 Å². The van der Waals surface area contributed by atoms with E-state index in [0.717, 1.165) is 31.5 Å². The largest absolute Gasteiger partial charge is 0.326 e. The van der Waals surface area contributed by atoms with Crippen molar-refractivity contribution >= 4 is 21.6 Å². The van der Waals surface area contributed by atoms with Crippen LogP contribution in [0.5, 0.6) is 0 Å². The predicted molar refractivity (Wildman–Crippen MR) is 84.8 cm³/mol. The van der Waals surface area contributed by atoms with E-state index in [1.807, 2.05) is 0 Å². The van der Waals surface area contributed by atoms with Gasteiger partial charge >= 0.3 is 0 Å². The number of rotatable bonds is 6. The van der Waals surface area contributed by atoms with Gasteiger partial charge in [-0.3, -0.25) is 4.90 Å². The van der Waals surface area contributed by atoms with Crippen molar-refractivity contribution in [3.05, 3.63) is 28.8 Å². The topological polar surface area (TPSA) is 75.4 Å². The van der Waals surface area contributed by atoms with E-state index in [0.29, 0.717) is 13.1 Å². The first-order valence-electron chi connectivity index (χ1n) is 7.20. The molecule has 0 spiro atoms. The Kier molecular flexibility index (Phi) is 5.62. The average Bonchev–Trinajstić information content (AvgIpc) is 2.92. The summed E-state index contributed by atoms with van der Waals surface area (Å²) >= 11 is 6.06. The summed E-state index contributed by atoms with van der Waals surface area (Å²) in [5, 5.41) is 0.212. The summed E-state index contributed by atoms with van der Waals surface area (Å²) < 4.78 is 27.4. The predicted octanol–water partition coefficient (Wildman–Crippen LogP) is 1.56. The molecule has 1 aliphatic heterocycles. The fraction of sp³-hybridized carbons (Fsp3) is 0.571. The minimum absolute atomic E-state index is 0.113. The third-order valence-electron chi connectivity index (χ3n) is 3.94. The number of halogens is 1. The van der Waals surface area contributed by atoms with Crippen LogP contribution in [-0.4, -0.2) is 39.0 Å². The Morgan fingerprint density at radius 2 is 2.24 bits per heavy atom. The fourth-order valence-electron chi connectivity index (χ4n) is 2.72. The molecular weight excluding hydrogens is 310 g/mol. The molecule has 0 bridgehead atoms. The molecule has 118 valence electrons. The van der Waals surface area contributed by atoms with Crippen molar-refractivity contribution in [1.82, 2.24) is 9.62 Å². The second-order valence-corrected chi connectivity index (χ2v) is 7.39. The van der Waals surface area contributed by atoms with E-state index in [9.17, 15) is 8.42 Å². The lowest BCUT2D eigenvalue weighted by atomic mass is 10.2. The maximum Gasteiger partial charge on any atom is 0.242 e. The van der Waals surface area contributed by atoms with E-state index >= 15 is 0 Å². The molecule has 1 atom stereocenters. The molecule has 0 saturated carbocycles. The van der Waals surface area contributed by atoms with Gasteiger partial charge in [-0.2, -0.15) is 0 Å². The molecule has 5 nitrogen and oxygen atoms in total. The molecule has 1 aliphatic rings. The van der Waals surface area contributed by atoms with Crippen molar-refractivity contribution in [2.45, 2.75) is 37.2 Å². The molecule has 0 radical (unpaired) electrons. The molecule has 1 heterocycles. The number of nitrogens with zero attached hydrogens (tertiary/aromatic N) is 1. The van der Waals surface area contributed by atoms with Crippen molar-refractivity contribution in [2.24, 2.45) is 5.73 Å². The number of nitrogens with two attached hydrogens (primary N) is 1. The zero-order chi connectivity index (χ0) is 15.5. The van der Waals surface area contributed by atoms with Crippen molar-refractivity contribution in [3.8, 4) is 0 Å². The van der Waals surface area contributed by atoms with Crippen molar-refractivity contribution in [3.63, 3.8) is 0 Å². The van der Waals surface area contributed by atoms with Gasteiger partial charge in [0.05, 0.1) is 5.02 Å². The maximum absolute atomic E-state index is 12.4. The van der Waals surface area contributed by atoms with Crippen LogP contribution in [0.25, 0.3) is 0 Å². The number of benzene rings is 1. The van der Waals surface area contributed by atoms with E-state index in [1.54, 1.807) is 12.1 Å². The summed E-state index contributed by atoms with van der Waals surface area (Å²) in [5.74, 6) is 0. The van der Waals surface area contributed by atoms with Crippen molar-refractivity contribution in [1.29, 1.82) is 0 Å². The molecule has 1 aromatic carbocycles. The monoisotopic (exact) mass is 331 g/mol. The lowest BCUT2D eigenvalue weighted by Crippen LogP contribution is -2.40. The summed E-state index contributed by atoms with van der Waals surface area (Å²) in [6.45, 7) is 4.83. The molecule has 0 aromatic heterocycles. The molecule has 7 heteroatoms. The quantitative estimate of drug-likeness (QED) is 0.829. The Hall–Kier alpha value is -0.660. The maximum atomic E-state index is 12.4. The standard InChI is InChI=1S/C14H22ClN3O2S/c1-2-18-7-3-4-12(18)10-17-21(19,20)14-6-5-11(9-16)8-13(14)15/h5-6,8,12,17H,2-4,7,9-10,16H2,1H3.